The van der Waals surface area contributed by atoms with E-state index in [2.05, 4.69) is 5.32 Å². The predicted octanol–water partition coefficient (Wildman–Crippen LogP) is 3.74. The first-order chi connectivity index (χ1) is 9.13. The summed E-state index contributed by atoms with van der Waals surface area (Å²) in [6, 6.07) is 11.7. The highest BCUT2D eigenvalue weighted by molar-refractivity contribution is 6.30. The van der Waals surface area contributed by atoms with Gasteiger partial charge in [0.1, 0.15) is 5.82 Å². The lowest BCUT2D eigenvalue weighted by Gasteiger charge is -2.10. The molecule has 2 aromatic carbocycles. The first-order valence-corrected chi connectivity index (χ1v) is 6.16. The molecule has 2 aromatic rings. The highest BCUT2D eigenvalue weighted by atomic mass is 35.5. The van der Waals surface area contributed by atoms with Gasteiger partial charge in [-0.1, -0.05) is 17.7 Å². The van der Waals surface area contributed by atoms with Gasteiger partial charge in [0.15, 0.2) is 0 Å². The fourth-order valence-corrected chi connectivity index (χ4v) is 2.19. The number of hydrogen-bond donors (Lipinski definition) is 1. The zero-order valence-electron chi connectivity index (χ0n) is 10.4. The standard InChI is InChI=1S/C15H12ClFN2/c1-19-9-12-6-13(16)2-3-15(12)11-4-10(8-18)5-14(17)7-11/h2-7,19H,9H2,1H3. The Morgan fingerprint density at radius 3 is 2.74 bits per heavy atom. The lowest BCUT2D eigenvalue weighted by atomic mass is 9.98. The fraction of sp³-hybridized carbons (Fsp3) is 0.133. The normalized spacial score (nSPS) is 10.2. The predicted molar refractivity (Wildman–Crippen MR) is 74.3 cm³/mol. The molecule has 0 atom stereocenters. The van der Waals surface area contributed by atoms with Gasteiger partial charge in [-0.05, 0) is 54.1 Å². The molecule has 0 saturated heterocycles. The Labute approximate surface area is 116 Å². The number of nitrogens with one attached hydrogen (secondary N) is 1. The average molecular weight is 275 g/mol. The van der Waals surface area contributed by atoms with Gasteiger partial charge in [0, 0.05) is 11.6 Å². The number of halogens is 2. The largest absolute Gasteiger partial charge is 0.316 e. The quantitative estimate of drug-likeness (QED) is 0.925. The molecule has 1 N–H and O–H groups in total. The van der Waals surface area contributed by atoms with E-state index in [9.17, 15) is 4.39 Å². The molecule has 0 aliphatic carbocycles. The second-order valence-corrected chi connectivity index (χ2v) is 4.61. The van der Waals surface area contributed by atoms with Crippen molar-refractivity contribution >= 4 is 11.6 Å². The van der Waals surface area contributed by atoms with Gasteiger partial charge in [0.25, 0.3) is 0 Å². The van der Waals surface area contributed by atoms with E-state index in [1.54, 1.807) is 12.1 Å². The van der Waals surface area contributed by atoms with E-state index in [1.165, 1.54) is 12.1 Å². The summed E-state index contributed by atoms with van der Waals surface area (Å²) in [5.41, 5.74) is 2.82. The van der Waals surface area contributed by atoms with Crippen LogP contribution in [0.2, 0.25) is 5.02 Å². The highest BCUT2D eigenvalue weighted by Gasteiger charge is 2.08. The third-order valence-electron chi connectivity index (χ3n) is 2.77. The van der Waals surface area contributed by atoms with Gasteiger partial charge < -0.3 is 5.32 Å². The molecular weight excluding hydrogens is 263 g/mol. The van der Waals surface area contributed by atoms with Crippen LogP contribution in [-0.4, -0.2) is 7.05 Å². The van der Waals surface area contributed by atoms with Crippen LogP contribution in [-0.2, 0) is 6.54 Å². The third kappa shape index (κ3) is 3.11. The molecule has 2 nitrogen and oxygen atoms in total. The van der Waals surface area contributed by atoms with Crippen molar-refractivity contribution in [3.05, 3.63) is 58.4 Å². The molecule has 0 fully saturated rings. The Morgan fingerprint density at radius 2 is 2.05 bits per heavy atom. The van der Waals surface area contributed by atoms with Crippen LogP contribution < -0.4 is 5.32 Å². The van der Waals surface area contributed by atoms with Gasteiger partial charge in [0.2, 0.25) is 0 Å². The van der Waals surface area contributed by atoms with E-state index >= 15 is 0 Å². The smallest absolute Gasteiger partial charge is 0.125 e. The SMILES string of the molecule is CNCc1cc(Cl)ccc1-c1cc(F)cc(C#N)c1. The Bertz CT molecular complexity index is 647. The zero-order valence-corrected chi connectivity index (χ0v) is 11.1. The van der Waals surface area contributed by atoms with Gasteiger partial charge in [-0.2, -0.15) is 5.26 Å². The van der Waals surface area contributed by atoms with Crippen molar-refractivity contribution < 1.29 is 4.39 Å². The van der Waals surface area contributed by atoms with E-state index in [0.29, 0.717) is 22.7 Å². The minimum absolute atomic E-state index is 0.306. The van der Waals surface area contributed by atoms with Gasteiger partial charge in [-0.15, -0.1) is 0 Å². The molecule has 2 rings (SSSR count). The van der Waals surface area contributed by atoms with Crippen LogP contribution in [0.3, 0.4) is 0 Å². The van der Waals surface area contributed by atoms with E-state index < -0.39 is 5.82 Å². The molecule has 0 radical (unpaired) electrons. The minimum atomic E-state index is -0.417. The summed E-state index contributed by atoms with van der Waals surface area (Å²) >= 11 is 5.98. The van der Waals surface area contributed by atoms with Crippen molar-refractivity contribution in [3.63, 3.8) is 0 Å². The zero-order chi connectivity index (χ0) is 13.8. The number of benzene rings is 2. The van der Waals surface area contributed by atoms with Crippen molar-refractivity contribution in [1.29, 1.82) is 5.26 Å². The van der Waals surface area contributed by atoms with Gasteiger partial charge >= 0.3 is 0 Å². The van der Waals surface area contributed by atoms with Crippen LogP contribution in [0.1, 0.15) is 11.1 Å². The summed E-state index contributed by atoms with van der Waals surface area (Å²) in [6.07, 6.45) is 0. The molecule has 96 valence electrons. The molecule has 0 aliphatic rings. The molecule has 0 saturated carbocycles. The molecule has 0 unspecified atom stereocenters. The Kier molecular flexibility index (Phi) is 4.16. The monoisotopic (exact) mass is 274 g/mol. The van der Waals surface area contributed by atoms with Crippen molar-refractivity contribution in [1.82, 2.24) is 5.32 Å². The van der Waals surface area contributed by atoms with E-state index in [4.69, 9.17) is 16.9 Å². The average Bonchev–Trinajstić information content (AvgIpc) is 2.38. The maximum Gasteiger partial charge on any atom is 0.125 e. The summed E-state index contributed by atoms with van der Waals surface area (Å²) in [5, 5.41) is 12.6. The summed E-state index contributed by atoms with van der Waals surface area (Å²) < 4.78 is 13.5. The second kappa shape index (κ2) is 5.83. The first kappa shape index (κ1) is 13.5. The molecule has 19 heavy (non-hydrogen) atoms. The Morgan fingerprint density at radius 1 is 1.26 bits per heavy atom. The molecule has 0 spiro atoms. The van der Waals surface area contributed by atoms with Gasteiger partial charge in [-0.25, -0.2) is 4.39 Å². The van der Waals surface area contributed by atoms with Crippen molar-refractivity contribution in [2.45, 2.75) is 6.54 Å². The van der Waals surface area contributed by atoms with Crippen LogP contribution in [0.15, 0.2) is 36.4 Å². The topological polar surface area (TPSA) is 35.8 Å². The van der Waals surface area contributed by atoms with Crippen LogP contribution in [0.5, 0.6) is 0 Å². The van der Waals surface area contributed by atoms with Crippen molar-refractivity contribution in [2.75, 3.05) is 7.05 Å². The summed E-state index contributed by atoms with van der Waals surface area (Å²) in [5.74, 6) is -0.417. The van der Waals surface area contributed by atoms with Gasteiger partial charge in [0.05, 0.1) is 11.6 Å². The molecule has 0 bridgehead atoms. The highest BCUT2D eigenvalue weighted by Crippen LogP contribution is 2.28. The minimum Gasteiger partial charge on any atom is -0.316 e. The second-order valence-electron chi connectivity index (χ2n) is 4.17. The Hall–Kier alpha value is -1.89. The number of rotatable bonds is 3. The van der Waals surface area contributed by atoms with Gasteiger partial charge in [-0.3, -0.25) is 0 Å². The molecule has 0 heterocycles. The van der Waals surface area contributed by atoms with E-state index in [0.717, 1.165) is 11.1 Å². The van der Waals surface area contributed by atoms with Crippen LogP contribution in [0.25, 0.3) is 11.1 Å². The molecule has 4 heteroatoms. The maximum absolute atomic E-state index is 13.5. The first-order valence-electron chi connectivity index (χ1n) is 5.78. The number of nitrogens with zero attached hydrogens (tertiary/aromatic N) is 1. The lowest BCUT2D eigenvalue weighted by molar-refractivity contribution is 0.628. The summed E-state index contributed by atoms with van der Waals surface area (Å²) in [7, 11) is 1.83. The maximum atomic E-state index is 13.5. The van der Waals surface area contributed by atoms with Crippen LogP contribution in [0.4, 0.5) is 4.39 Å². The van der Waals surface area contributed by atoms with E-state index in [1.807, 2.05) is 25.2 Å². The third-order valence-corrected chi connectivity index (χ3v) is 3.01. The van der Waals surface area contributed by atoms with E-state index in [-0.39, 0.29) is 0 Å². The molecule has 0 aromatic heterocycles. The molecule has 0 aliphatic heterocycles. The molecule has 0 amide bonds. The summed E-state index contributed by atoms with van der Waals surface area (Å²) in [4.78, 5) is 0. The number of hydrogen-bond acceptors (Lipinski definition) is 2. The van der Waals surface area contributed by atoms with Crippen LogP contribution >= 0.6 is 11.6 Å². The van der Waals surface area contributed by atoms with Crippen molar-refractivity contribution in [2.24, 2.45) is 0 Å². The molecular formula is C15H12ClFN2. The van der Waals surface area contributed by atoms with Crippen molar-refractivity contribution in [3.8, 4) is 17.2 Å². The summed E-state index contributed by atoms with van der Waals surface area (Å²) in [6.45, 7) is 0.619. The fourth-order valence-electron chi connectivity index (χ4n) is 1.99. The number of nitriles is 1. The Balaban J connectivity index is 2.58. The van der Waals surface area contributed by atoms with Crippen LogP contribution in [0, 0.1) is 17.1 Å². The lowest BCUT2D eigenvalue weighted by Crippen LogP contribution is -2.06.